The zero-order valence-corrected chi connectivity index (χ0v) is 13.4. The number of rotatable bonds is 3. The van der Waals surface area contributed by atoms with Crippen molar-refractivity contribution in [3.8, 4) is 0 Å². The van der Waals surface area contributed by atoms with Crippen LogP contribution in [0.5, 0.6) is 0 Å². The molecule has 3 N–H and O–H groups in total. The summed E-state index contributed by atoms with van der Waals surface area (Å²) in [5.74, 6) is -0.286. The number of amides is 1. The van der Waals surface area contributed by atoms with E-state index in [1.807, 2.05) is 20.8 Å². The lowest BCUT2D eigenvalue weighted by Gasteiger charge is -2.19. The Hall–Kier alpha value is -1.40. The van der Waals surface area contributed by atoms with Gasteiger partial charge in [-0.3, -0.25) is 4.79 Å². The Bertz CT molecular complexity index is 629. The van der Waals surface area contributed by atoms with Gasteiger partial charge >= 0.3 is 0 Å². The first-order valence-electron chi connectivity index (χ1n) is 6.34. The Morgan fingerprint density at radius 1 is 1.25 bits per heavy atom. The summed E-state index contributed by atoms with van der Waals surface area (Å²) in [5, 5.41) is 7.94. The number of primary sulfonamides is 1. The number of carbonyl (C=O) groups is 1. The molecule has 20 heavy (non-hydrogen) atoms. The molecule has 1 amide bonds. The second kappa shape index (κ2) is 5.54. The summed E-state index contributed by atoms with van der Waals surface area (Å²) in [6, 6.07) is 2.81. The molecule has 0 fully saturated rings. The Labute approximate surface area is 120 Å². The number of carbonyl (C=O) groups excluding carboxylic acids is 1. The average molecular weight is 298 g/mol. The predicted octanol–water partition coefficient (Wildman–Crippen LogP) is 1.73. The highest BCUT2D eigenvalue weighted by Crippen LogP contribution is 2.19. The molecule has 0 atom stereocenters. The van der Waals surface area contributed by atoms with E-state index < -0.39 is 10.0 Å². The third-order valence-corrected chi connectivity index (χ3v) is 3.89. The van der Waals surface area contributed by atoms with Crippen molar-refractivity contribution in [2.45, 2.75) is 39.5 Å². The molecular weight excluding hydrogens is 276 g/mol. The van der Waals surface area contributed by atoms with Gasteiger partial charge in [-0.05, 0) is 42.5 Å². The molecule has 5 nitrogen and oxygen atoms in total. The average Bonchev–Trinajstić information content (AvgIpc) is 2.27. The summed E-state index contributed by atoms with van der Waals surface area (Å²) in [5.41, 5.74) is 1.77. The largest absolute Gasteiger partial charge is 0.352 e. The molecule has 0 bridgehead atoms. The van der Waals surface area contributed by atoms with Crippen molar-refractivity contribution in [3.05, 3.63) is 28.8 Å². The summed E-state index contributed by atoms with van der Waals surface area (Å²) in [4.78, 5) is 12.2. The number of sulfonamides is 1. The maximum atomic E-state index is 12.2. The van der Waals surface area contributed by atoms with Crippen molar-refractivity contribution in [1.29, 1.82) is 0 Å². The predicted molar refractivity (Wildman–Crippen MR) is 79.1 cm³/mol. The maximum Gasteiger partial charge on any atom is 0.251 e. The van der Waals surface area contributed by atoms with Gasteiger partial charge in [-0.1, -0.05) is 20.8 Å². The summed E-state index contributed by atoms with van der Waals surface area (Å²) in [6.45, 7) is 10.1. The topological polar surface area (TPSA) is 89.3 Å². The third-order valence-electron chi connectivity index (χ3n) is 2.99. The van der Waals surface area contributed by atoms with Gasteiger partial charge in [0.15, 0.2) is 0 Å². The Morgan fingerprint density at radius 3 is 2.25 bits per heavy atom. The van der Waals surface area contributed by atoms with Crippen molar-refractivity contribution >= 4 is 15.9 Å². The van der Waals surface area contributed by atoms with Crippen LogP contribution in [-0.2, 0) is 10.0 Å². The van der Waals surface area contributed by atoms with Gasteiger partial charge in [-0.2, -0.15) is 0 Å². The molecule has 0 saturated heterocycles. The van der Waals surface area contributed by atoms with Gasteiger partial charge < -0.3 is 5.32 Å². The molecule has 0 spiro atoms. The van der Waals surface area contributed by atoms with Crippen molar-refractivity contribution < 1.29 is 13.2 Å². The molecule has 0 unspecified atom stereocenters. The van der Waals surface area contributed by atoms with Gasteiger partial charge in [0.05, 0.1) is 4.90 Å². The Balaban J connectivity index is 3.18. The molecule has 6 heteroatoms. The molecule has 0 aliphatic carbocycles. The quantitative estimate of drug-likeness (QED) is 0.890. The molecule has 0 heterocycles. The first-order valence-corrected chi connectivity index (χ1v) is 7.89. The first-order chi connectivity index (χ1) is 8.92. The third kappa shape index (κ3) is 4.31. The second-order valence-corrected chi connectivity index (χ2v) is 7.76. The molecular formula is C14H22N2O3S. The highest BCUT2D eigenvalue weighted by molar-refractivity contribution is 7.89. The monoisotopic (exact) mass is 298 g/mol. The van der Waals surface area contributed by atoms with Crippen LogP contribution in [0.2, 0.25) is 0 Å². The fourth-order valence-corrected chi connectivity index (χ4v) is 2.29. The van der Waals surface area contributed by atoms with Crippen LogP contribution >= 0.6 is 0 Å². The lowest BCUT2D eigenvalue weighted by molar-refractivity contribution is 0.0938. The van der Waals surface area contributed by atoms with Crippen molar-refractivity contribution in [2.75, 3.05) is 6.54 Å². The number of aryl methyl sites for hydroxylation is 1. The highest BCUT2D eigenvalue weighted by atomic mass is 32.2. The van der Waals surface area contributed by atoms with E-state index in [9.17, 15) is 13.2 Å². The van der Waals surface area contributed by atoms with E-state index in [0.29, 0.717) is 12.1 Å². The van der Waals surface area contributed by atoms with E-state index in [1.165, 1.54) is 12.1 Å². The molecule has 1 aromatic rings. The summed E-state index contributed by atoms with van der Waals surface area (Å²) in [6.07, 6.45) is 0. The van der Waals surface area contributed by atoms with Crippen molar-refractivity contribution in [1.82, 2.24) is 5.32 Å². The molecule has 0 aliphatic heterocycles. The number of nitrogens with one attached hydrogen (secondary N) is 1. The van der Waals surface area contributed by atoms with Gasteiger partial charge in [0.25, 0.3) is 5.91 Å². The van der Waals surface area contributed by atoms with E-state index in [4.69, 9.17) is 5.14 Å². The van der Waals surface area contributed by atoms with Crippen LogP contribution in [-0.4, -0.2) is 20.9 Å². The van der Waals surface area contributed by atoms with Crippen LogP contribution < -0.4 is 10.5 Å². The summed E-state index contributed by atoms with van der Waals surface area (Å²) >= 11 is 0. The first kappa shape index (κ1) is 16.7. The molecule has 1 rings (SSSR count). The van der Waals surface area contributed by atoms with E-state index in [2.05, 4.69) is 5.32 Å². The van der Waals surface area contributed by atoms with Crippen LogP contribution in [0.15, 0.2) is 17.0 Å². The normalized spacial score (nSPS) is 12.3. The zero-order chi connectivity index (χ0) is 15.7. The van der Waals surface area contributed by atoms with Crippen molar-refractivity contribution in [3.63, 3.8) is 0 Å². The van der Waals surface area contributed by atoms with Crippen LogP contribution in [0, 0.1) is 19.3 Å². The molecule has 112 valence electrons. The standard InChI is InChI=1S/C14H22N2O3S/c1-9-6-11(20(15,18)19)7-12(10(9)2)13(17)16-8-14(3,4)5/h6-7H,8H2,1-5H3,(H,16,17)(H2,15,18,19). The van der Waals surface area contributed by atoms with Gasteiger partial charge in [0, 0.05) is 12.1 Å². The fourth-order valence-electron chi connectivity index (χ4n) is 1.67. The molecule has 0 saturated carbocycles. The Morgan fingerprint density at radius 2 is 1.80 bits per heavy atom. The van der Waals surface area contributed by atoms with Crippen LogP contribution in [0.3, 0.4) is 0 Å². The Kier molecular flexibility index (Phi) is 4.61. The minimum absolute atomic E-state index is 0.0403. The molecule has 0 aliphatic rings. The smallest absolute Gasteiger partial charge is 0.251 e. The number of hydrogen-bond acceptors (Lipinski definition) is 3. The van der Waals surface area contributed by atoms with E-state index >= 15 is 0 Å². The molecule has 0 aromatic heterocycles. The fraction of sp³-hybridized carbons (Fsp3) is 0.500. The molecule has 0 radical (unpaired) electrons. The van der Waals surface area contributed by atoms with Gasteiger partial charge in [-0.25, -0.2) is 13.6 Å². The van der Waals surface area contributed by atoms with Crippen LogP contribution in [0.1, 0.15) is 42.3 Å². The minimum Gasteiger partial charge on any atom is -0.352 e. The van der Waals surface area contributed by atoms with Crippen LogP contribution in [0.25, 0.3) is 0 Å². The molecule has 1 aromatic carbocycles. The van der Waals surface area contributed by atoms with Crippen molar-refractivity contribution in [2.24, 2.45) is 10.6 Å². The number of benzene rings is 1. The van der Waals surface area contributed by atoms with E-state index in [-0.39, 0.29) is 16.2 Å². The van der Waals surface area contributed by atoms with Gasteiger partial charge in [0.2, 0.25) is 10.0 Å². The van der Waals surface area contributed by atoms with E-state index in [0.717, 1.165) is 11.1 Å². The maximum absolute atomic E-state index is 12.2. The lowest BCUT2D eigenvalue weighted by Crippen LogP contribution is -2.33. The van der Waals surface area contributed by atoms with E-state index in [1.54, 1.807) is 13.8 Å². The summed E-state index contributed by atoms with van der Waals surface area (Å²) < 4.78 is 22.9. The minimum atomic E-state index is -3.82. The summed E-state index contributed by atoms with van der Waals surface area (Å²) in [7, 11) is -3.82. The second-order valence-electron chi connectivity index (χ2n) is 6.20. The SMILES string of the molecule is Cc1cc(S(N)(=O)=O)cc(C(=O)NCC(C)(C)C)c1C. The van der Waals surface area contributed by atoms with Gasteiger partial charge in [0.1, 0.15) is 0 Å². The number of hydrogen-bond donors (Lipinski definition) is 2. The lowest BCUT2D eigenvalue weighted by atomic mass is 9.96. The van der Waals surface area contributed by atoms with Crippen LogP contribution in [0.4, 0.5) is 0 Å². The zero-order valence-electron chi connectivity index (χ0n) is 12.6. The van der Waals surface area contributed by atoms with Gasteiger partial charge in [-0.15, -0.1) is 0 Å². The highest BCUT2D eigenvalue weighted by Gasteiger charge is 2.18. The number of nitrogens with two attached hydrogens (primary N) is 1.